The lowest BCUT2D eigenvalue weighted by Crippen LogP contribution is -2.41. The summed E-state index contributed by atoms with van der Waals surface area (Å²) in [5.41, 5.74) is 1.23. The number of nitrogens with zero attached hydrogens (tertiary/aromatic N) is 3. The monoisotopic (exact) mass is 404 g/mol. The first-order valence-corrected chi connectivity index (χ1v) is 10.7. The third kappa shape index (κ3) is 4.27. The summed E-state index contributed by atoms with van der Waals surface area (Å²) < 4.78 is 5.39. The van der Waals surface area contributed by atoms with Gasteiger partial charge in [-0.15, -0.1) is 11.3 Å². The smallest absolute Gasteiger partial charge is 0.309 e. The van der Waals surface area contributed by atoms with Gasteiger partial charge in [0.25, 0.3) is 5.91 Å². The number of piperidine rings is 1. The number of aryl methyl sites for hydroxylation is 2. The van der Waals surface area contributed by atoms with Crippen molar-refractivity contribution in [1.82, 2.24) is 15.3 Å². The standard InChI is InChI=1S/C20H28N4O3S/c1-5-8-21-18(25)13(3)27-20(26)15-6-9-24(10-7-15)17-16-12(2)14(4)28-19(16)23-11-22-17/h11,13,15H,5-10H2,1-4H3,(H,21,25)/t13-/m1/s1. The number of ether oxygens (including phenoxy) is 1. The molecule has 2 aromatic heterocycles. The summed E-state index contributed by atoms with van der Waals surface area (Å²) in [6.07, 6.45) is 3.09. The Morgan fingerprint density at radius 3 is 2.71 bits per heavy atom. The van der Waals surface area contributed by atoms with E-state index in [1.165, 1.54) is 10.4 Å². The van der Waals surface area contributed by atoms with Gasteiger partial charge in [-0.05, 0) is 45.6 Å². The van der Waals surface area contributed by atoms with Crippen LogP contribution in [0.4, 0.5) is 5.82 Å². The maximum Gasteiger partial charge on any atom is 0.309 e. The van der Waals surface area contributed by atoms with Crippen LogP contribution in [0.25, 0.3) is 10.2 Å². The third-order valence-electron chi connectivity index (χ3n) is 5.28. The van der Waals surface area contributed by atoms with Gasteiger partial charge in [-0.1, -0.05) is 6.92 Å². The number of anilines is 1. The molecule has 152 valence electrons. The number of esters is 1. The number of hydrogen-bond acceptors (Lipinski definition) is 7. The lowest BCUT2D eigenvalue weighted by molar-refractivity contribution is -0.159. The van der Waals surface area contributed by atoms with E-state index < -0.39 is 6.10 Å². The fourth-order valence-corrected chi connectivity index (χ4v) is 4.44. The molecule has 3 rings (SSSR count). The molecule has 7 nitrogen and oxygen atoms in total. The molecular weight excluding hydrogens is 376 g/mol. The van der Waals surface area contributed by atoms with Gasteiger partial charge in [-0.25, -0.2) is 9.97 Å². The van der Waals surface area contributed by atoms with Crippen molar-refractivity contribution in [3.05, 3.63) is 16.8 Å². The maximum absolute atomic E-state index is 12.5. The largest absolute Gasteiger partial charge is 0.452 e. The van der Waals surface area contributed by atoms with Crippen LogP contribution >= 0.6 is 11.3 Å². The molecule has 1 amide bonds. The predicted molar refractivity (Wildman–Crippen MR) is 111 cm³/mol. The number of carbonyl (C=O) groups is 2. The van der Waals surface area contributed by atoms with Gasteiger partial charge >= 0.3 is 5.97 Å². The SMILES string of the molecule is CCCNC(=O)[C@@H](C)OC(=O)C1CCN(c2ncnc3sc(C)c(C)c23)CC1. The van der Waals surface area contributed by atoms with E-state index in [9.17, 15) is 9.59 Å². The van der Waals surface area contributed by atoms with Crippen LogP contribution in [-0.2, 0) is 14.3 Å². The van der Waals surface area contributed by atoms with Crippen LogP contribution in [0.3, 0.4) is 0 Å². The minimum absolute atomic E-state index is 0.180. The van der Waals surface area contributed by atoms with Crippen molar-refractivity contribution in [1.29, 1.82) is 0 Å². The Hall–Kier alpha value is -2.22. The Labute approximate surface area is 169 Å². The van der Waals surface area contributed by atoms with Crippen molar-refractivity contribution < 1.29 is 14.3 Å². The summed E-state index contributed by atoms with van der Waals surface area (Å²) in [6.45, 7) is 9.87. The Morgan fingerprint density at radius 1 is 1.32 bits per heavy atom. The minimum Gasteiger partial charge on any atom is -0.452 e. The predicted octanol–water partition coefficient (Wildman–Crippen LogP) is 2.98. The highest BCUT2D eigenvalue weighted by Crippen LogP contribution is 2.35. The third-order valence-corrected chi connectivity index (χ3v) is 6.40. The summed E-state index contributed by atoms with van der Waals surface area (Å²) in [5, 5.41) is 3.87. The summed E-state index contributed by atoms with van der Waals surface area (Å²) in [7, 11) is 0. The fourth-order valence-electron chi connectivity index (χ4n) is 3.45. The number of aromatic nitrogens is 2. The van der Waals surface area contributed by atoms with Crippen molar-refractivity contribution >= 4 is 39.2 Å². The lowest BCUT2D eigenvalue weighted by Gasteiger charge is -2.32. The summed E-state index contributed by atoms with van der Waals surface area (Å²) in [6, 6.07) is 0. The molecule has 0 unspecified atom stereocenters. The second-order valence-corrected chi connectivity index (χ2v) is 8.50. The Balaban J connectivity index is 1.60. The van der Waals surface area contributed by atoms with E-state index in [0.29, 0.717) is 19.4 Å². The van der Waals surface area contributed by atoms with Gasteiger partial charge in [-0.2, -0.15) is 0 Å². The molecule has 1 N–H and O–H groups in total. The summed E-state index contributed by atoms with van der Waals surface area (Å²) in [5.74, 6) is 0.250. The molecule has 8 heteroatoms. The molecule has 0 radical (unpaired) electrons. The highest BCUT2D eigenvalue weighted by molar-refractivity contribution is 7.18. The molecule has 0 spiro atoms. The molecule has 1 aliphatic heterocycles. The van der Waals surface area contributed by atoms with E-state index in [1.54, 1.807) is 24.6 Å². The number of nitrogens with one attached hydrogen (secondary N) is 1. The van der Waals surface area contributed by atoms with Gasteiger partial charge in [0.05, 0.1) is 11.3 Å². The average molecular weight is 405 g/mol. The molecule has 28 heavy (non-hydrogen) atoms. The van der Waals surface area contributed by atoms with Crippen LogP contribution in [0.15, 0.2) is 6.33 Å². The van der Waals surface area contributed by atoms with Crippen molar-refractivity contribution in [3.63, 3.8) is 0 Å². The number of fused-ring (bicyclic) bond motifs is 1. The van der Waals surface area contributed by atoms with Gasteiger partial charge in [0.1, 0.15) is 17.0 Å². The molecule has 2 aromatic rings. The zero-order valence-corrected chi connectivity index (χ0v) is 17.8. The number of hydrogen-bond donors (Lipinski definition) is 1. The highest BCUT2D eigenvalue weighted by atomic mass is 32.1. The van der Waals surface area contributed by atoms with Crippen molar-refractivity contribution in [2.75, 3.05) is 24.5 Å². The normalized spacial score (nSPS) is 16.2. The fraction of sp³-hybridized carbons (Fsp3) is 0.600. The van der Waals surface area contributed by atoms with Crippen molar-refractivity contribution in [2.24, 2.45) is 5.92 Å². The van der Waals surface area contributed by atoms with E-state index >= 15 is 0 Å². The Morgan fingerprint density at radius 2 is 2.04 bits per heavy atom. The molecule has 3 heterocycles. The zero-order valence-electron chi connectivity index (χ0n) is 16.9. The number of thiophene rings is 1. The quantitative estimate of drug-likeness (QED) is 0.745. The second kappa shape index (κ2) is 8.86. The molecule has 0 aromatic carbocycles. The molecule has 1 fully saturated rings. The van der Waals surface area contributed by atoms with Crippen LogP contribution < -0.4 is 10.2 Å². The second-order valence-electron chi connectivity index (χ2n) is 7.29. The molecule has 1 aliphatic rings. The van der Waals surface area contributed by atoms with E-state index in [2.05, 4.69) is 34.0 Å². The summed E-state index contributed by atoms with van der Waals surface area (Å²) in [4.78, 5) is 37.8. The van der Waals surface area contributed by atoms with Crippen LogP contribution in [-0.4, -0.2) is 47.6 Å². The van der Waals surface area contributed by atoms with Crippen LogP contribution in [0.1, 0.15) is 43.6 Å². The highest BCUT2D eigenvalue weighted by Gasteiger charge is 2.30. The minimum atomic E-state index is -0.755. The van der Waals surface area contributed by atoms with Crippen molar-refractivity contribution in [2.45, 2.75) is 53.1 Å². The maximum atomic E-state index is 12.5. The van der Waals surface area contributed by atoms with Crippen LogP contribution in [0.5, 0.6) is 0 Å². The molecule has 0 aliphatic carbocycles. The van der Waals surface area contributed by atoms with Crippen LogP contribution in [0.2, 0.25) is 0 Å². The Bertz CT molecular complexity index is 858. The van der Waals surface area contributed by atoms with E-state index in [1.807, 2.05) is 6.92 Å². The molecule has 0 saturated carbocycles. The van der Waals surface area contributed by atoms with E-state index in [4.69, 9.17) is 4.74 Å². The van der Waals surface area contributed by atoms with Crippen molar-refractivity contribution in [3.8, 4) is 0 Å². The Kier molecular flexibility index (Phi) is 6.49. The molecular formula is C20H28N4O3S. The zero-order chi connectivity index (χ0) is 20.3. The average Bonchev–Trinajstić information content (AvgIpc) is 3.00. The first kappa shape index (κ1) is 20.5. The van der Waals surface area contributed by atoms with Gasteiger partial charge in [0.2, 0.25) is 0 Å². The summed E-state index contributed by atoms with van der Waals surface area (Å²) >= 11 is 1.69. The first-order chi connectivity index (χ1) is 13.4. The number of rotatable bonds is 6. The molecule has 1 saturated heterocycles. The van der Waals surface area contributed by atoms with Gasteiger partial charge in [0, 0.05) is 24.5 Å². The van der Waals surface area contributed by atoms with Gasteiger partial charge in [0.15, 0.2) is 6.10 Å². The van der Waals surface area contributed by atoms with Gasteiger partial charge < -0.3 is 15.0 Å². The van der Waals surface area contributed by atoms with E-state index in [0.717, 1.165) is 35.5 Å². The van der Waals surface area contributed by atoms with E-state index in [-0.39, 0.29) is 17.8 Å². The molecule has 0 bridgehead atoms. The van der Waals surface area contributed by atoms with Crippen LogP contribution in [0, 0.1) is 19.8 Å². The lowest BCUT2D eigenvalue weighted by atomic mass is 9.96. The molecule has 1 atom stereocenters. The van der Waals surface area contributed by atoms with Gasteiger partial charge in [-0.3, -0.25) is 9.59 Å². The number of amides is 1. The number of carbonyl (C=O) groups excluding carboxylic acids is 2. The topological polar surface area (TPSA) is 84.4 Å². The first-order valence-electron chi connectivity index (χ1n) is 9.86.